The van der Waals surface area contributed by atoms with Crippen molar-refractivity contribution >= 4 is 46.7 Å². The van der Waals surface area contributed by atoms with Crippen LogP contribution < -0.4 is 10.2 Å². The Morgan fingerprint density at radius 1 is 1.06 bits per heavy atom. The van der Waals surface area contributed by atoms with Gasteiger partial charge in [0.25, 0.3) is 5.91 Å². The van der Waals surface area contributed by atoms with Crippen LogP contribution in [0.3, 0.4) is 0 Å². The van der Waals surface area contributed by atoms with Crippen LogP contribution in [0.25, 0.3) is 0 Å². The maximum absolute atomic E-state index is 14.1. The number of nitrogens with zero attached hydrogens (tertiary/aromatic N) is 2. The lowest BCUT2D eigenvalue weighted by Gasteiger charge is -2.33. The molecule has 5 rings (SSSR count). The third-order valence-electron chi connectivity index (χ3n) is 6.15. The molecule has 2 aliphatic heterocycles. The number of amides is 3. The third kappa shape index (κ3) is 3.67. The number of benzene rings is 3. The monoisotopic (exact) mass is 477 g/mol. The number of nitrogens with one attached hydrogen (secondary N) is 1. The van der Waals surface area contributed by atoms with E-state index in [1.54, 1.807) is 9.80 Å². The minimum atomic E-state index is -1.09. The van der Waals surface area contributed by atoms with Crippen LogP contribution in [0.2, 0.25) is 5.02 Å². The maximum atomic E-state index is 14.1. The molecule has 1 spiro atoms. The zero-order valence-electron chi connectivity index (χ0n) is 18.5. The molecule has 3 aromatic carbocycles. The predicted molar refractivity (Wildman–Crippen MR) is 135 cm³/mol. The van der Waals surface area contributed by atoms with E-state index in [1.807, 2.05) is 80.6 Å². The van der Waals surface area contributed by atoms with E-state index in [0.717, 1.165) is 33.6 Å². The van der Waals surface area contributed by atoms with Gasteiger partial charge in [0.05, 0.1) is 12.2 Å². The van der Waals surface area contributed by atoms with Crippen LogP contribution >= 0.6 is 23.4 Å². The van der Waals surface area contributed by atoms with Gasteiger partial charge in [-0.2, -0.15) is 0 Å². The molecule has 2 heterocycles. The lowest BCUT2D eigenvalue weighted by molar-refractivity contribution is -0.123. The molecule has 0 aromatic heterocycles. The quantitative estimate of drug-likeness (QED) is 0.508. The fourth-order valence-electron chi connectivity index (χ4n) is 4.60. The third-order valence-corrected chi connectivity index (χ3v) is 7.94. The second kappa shape index (κ2) is 8.43. The number of hydrogen-bond donors (Lipinski definition) is 1. The molecule has 33 heavy (non-hydrogen) atoms. The normalized spacial score (nSPS) is 19.3. The molecule has 0 unspecified atom stereocenters. The van der Waals surface area contributed by atoms with Gasteiger partial charge >= 0.3 is 6.03 Å². The van der Waals surface area contributed by atoms with Gasteiger partial charge in [0.15, 0.2) is 4.87 Å². The molecule has 1 atom stereocenters. The Kier molecular flexibility index (Phi) is 5.59. The number of halogens is 1. The smallest absolute Gasteiger partial charge is 0.308 e. The van der Waals surface area contributed by atoms with Crippen molar-refractivity contribution in [1.82, 2.24) is 4.90 Å². The highest BCUT2D eigenvalue weighted by atomic mass is 35.5. The largest absolute Gasteiger partial charge is 0.323 e. The first-order valence-corrected chi connectivity index (χ1v) is 12.2. The summed E-state index contributed by atoms with van der Waals surface area (Å²) < 4.78 is 0. The van der Waals surface area contributed by atoms with Gasteiger partial charge in [-0.25, -0.2) is 4.79 Å². The van der Waals surface area contributed by atoms with Crippen LogP contribution in [0.4, 0.5) is 16.2 Å². The van der Waals surface area contributed by atoms with Gasteiger partial charge in [-0.3, -0.25) is 9.69 Å². The van der Waals surface area contributed by atoms with Crippen molar-refractivity contribution in [2.75, 3.05) is 22.5 Å². The SMILES string of the molecule is Cc1cccc(NC(=O)N2CCS[C@]23C(=O)N(Cc2ccccc2Cl)c2ccc(C)cc23)c1. The van der Waals surface area contributed by atoms with Crippen LogP contribution in [0.1, 0.15) is 22.3 Å². The van der Waals surface area contributed by atoms with Gasteiger partial charge < -0.3 is 10.2 Å². The lowest BCUT2D eigenvalue weighted by Crippen LogP contribution is -2.51. The van der Waals surface area contributed by atoms with Crippen molar-refractivity contribution in [3.63, 3.8) is 0 Å². The molecule has 1 N–H and O–H groups in total. The van der Waals surface area contributed by atoms with Gasteiger partial charge in [-0.05, 0) is 49.2 Å². The highest BCUT2D eigenvalue weighted by Crippen LogP contribution is 2.54. The minimum Gasteiger partial charge on any atom is -0.308 e. The van der Waals surface area contributed by atoms with Crippen LogP contribution in [0.15, 0.2) is 66.7 Å². The molecule has 3 aromatic rings. The van der Waals surface area contributed by atoms with Gasteiger partial charge in [0, 0.05) is 28.6 Å². The van der Waals surface area contributed by atoms with Gasteiger partial charge in [-0.1, -0.05) is 59.6 Å². The number of urea groups is 1. The van der Waals surface area contributed by atoms with E-state index in [2.05, 4.69) is 5.32 Å². The first kappa shape index (κ1) is 21.9. The Morgan fingerprint density at radius 2 is 1.85 bits per heavy atom. The van der Waals surface area contributed by atoms with E-state index in [9.17, 15) is 9.59 Å². The topological polar surface area (TPSA) is 52.7 Å². The summed E-state index contributed by atoms with van der Waals surface area (Å²) in [7, 11) is 0. The van der Waals surface area contributed by atoms with Gasteiger partial charge in [0.1, 0.15) is 0 Å². The molecule has 0 radical (unpaired) electrons. The summed E-state index contributed by atoms with van der Waals surface area (Å²) in [5.41, 5.74) is 5.38. The second-order valence-electron chi connectivity index (χ2n) is 8.45. The Bertz CT molecular complexity index is 1260. The molecule has 0 bridgehead atoms. The molecule has 1 fully saturated rings. The van der Waals surface area contributed by atoms with Gasteiger partial charge in [-0.15, -0.1) is 11.8 Å². The highest BCUT2D eigenvalue weighted by Gasteiger charge is 2.59. The van der Waals surface area contributed by atoms with Crippen LogP contribution in [0.5, 0.6) is 0 Å². The number of carbonyl (C=O) groups is 2. The standard InChI is InChI=1S/C26H24ClN3O2S/c1-17-6-5-8-20(14-17)28-25(32)30-12-13-33-26(30)21-15-18(2)10-11-23(21)29(24(26)31)16-19-7-3-4-9-22(19)27/h3-11,14-15H,12-13,16H2,1-2H3,(H,28,32)/t26-/m1/s1. The maximum Gasteiger partial charge on any atom is 0.323 e. The van der Waals surface area contributed by atoms with Crippen LogP contribution in [0, 0.1) is 13.8 Å². The Labute approximate surface area is 202 Å². The number of rotatable bonds is 3. The van der Waals surface area contributed by atoms with Crippen molar-refractivity contribution in [3.8, 4) is 0 Å². The minimum absolute atomic E-state index is 0.107. The van der Waals surface area contributed by atoms with Crippen molar-refractivity contribution in [2.24, 2.45) is 0 Å². The highest BCUT2D eigenvalue weighted by molar-refractivity contribution is 8.01. The number of thioether (sulfide) groups is 1. The molecule has 168 valence electrons. The van der Waals surface area contributed by atoms with Crippen molar-refractivity contribution in [3.05, 3.63) is 94.0 Å². The number of carbonyl (C=O) groups excluding carboxylic acids is 2. The summed E-state index contributed by atoms with van der Waals surface area (Å²) in [4.78, 5) is 29.9. The second-order valence-corrected chi connectivity index (χ2v) is 10.1. The van der Waals surface area contributed by atoms with Crippen molar-refractivity contribution in [2.45, 2.75) is 25.3 Å². The predicted octanol–water partition coefficient (Wildman–Crippen LogP) is 5.94. The zero-order chi connectivity index (χ0) is 23.2. The van der Waals surface area contributed by atoms with E-state index < -0.39 is 4.87 Å². The van der Waals surface area contributed by atoms with E-state index >= 15 is 0 Å². The summed E-state index contributed by atoms with van der Waals surface area (Å²) in [6.45, 7) is 4.83. The summed E-state index contributed by atoms with van der Waals surface area (Å²) >= 11 is 7.94. The molecule has 5 nitrogen and oxygen atoms in total. The first-order chi connectivity index (χ1) is 15.9. The molecule has 0 aliphatic carbocycles. The molecule has 3 amide bonds. The Morgan fingerprint density at radius 3 is 2.64 bits per heavy atom. The first-order valence-electron chi connectivity index (χ1n) is 10.9. The van der Waals surface area contributed by atoms with Crippen molar-refractivity contribution < 1.29 is 9.59 Å². The molecular weight excluding hydrogens is 454 g/mol. The molecule has 7 heteroatoms. The average molecular weight is 478 g/mol. The van der Waals surface area contributed by atoms with E-state index in [4.69, 9.17) is 11.6 Å². The van der Waals surface area contributed by atoms with Crippen LogP contribution in [-0.4, -0.2) is 29.1 Å². The number of anilines is 2. The summed E-state index contributed by atoms with van der Waals surface area (Å²) in [6, 6.07) is 21.0. The molecule has 0 saturated carbocycles. The summed E-state index contributed by atoms with van der Waals surface area (Å²) in [5.74, 6) is 0.574. The fourth-order valence-corrected chi connectivity index (χ4v) is 6.24. The average Bonchev–Trinajstić information content (AvgIpc) is 3.32. The van der Waals surface area contributed by atoms with E-state index in [0.29, 0.717) is 23.9 Å². The summed E-state index contributed by atoms with van der Waals surface area (Å²) in [5, 5.41) is 3.62. The Hall–Kier alpha value is -2.96. The number of hydrogen-bond acceptors (Lipinski definition) is 3. The molecule has 2 aliphatic rings. The van der Waals surface area contributed by atoms with Crippen molar-refractivity contribution in [1.29, 1.82) is 0 Å². The summed E-state index contributed by atoms with van der Waals surface area (Å²) in [6.07, 6.45) is 0. The van der Waals surface area contributed by atoms with E-state index in [-0.39, 0.29) is 11.9 Å². The zero-order valence-corrected chi connectivity index (χ0v) is 20.0. The molecule has 1 saturated heterocycles. The van der Waals surface area contributed by atoms with E-state index in [1.165, 1.54) is 11.8 Å². The fraction of sp³-hybridized carbons (Fsp3) is 0.231. The van der Waals surface area contributed by atoms with Gasteiger partial charge in [0.2, 0.25) is 0 Å². The Balaban J connectivity index is 1.54. The number of aryl methyl sites for hydroxylation is 2. The molecular formula is C26H24ClN3O2S. The lowest BCUT2D eigenvalue weighted by atomic mass is 10.0. The van der Waals surface area contributed by atoms with Crippen LogP contribution in [-0.2, 0) is 16.2 Å². The number of fused-ring (bicyclic) bond motifs is 2.